The number of halogens is 1. The van der Waals surface area contributed by atoms with Crippen LogP contribution in [-0.4, -0.2) is 15.5 Å². The highest BCUT2D eigenvalue weighted by molar-refractivity contribution is 7.10. The van der Waals surface area contributed by atoms with Gasteiger partial charge in [0.2, 0.25) is 0 Å². The summed E-state index contributed by atoms with van der Waals surface area (Å²) in [5.41, 5.74) is 3.74. The molecule has 0 radical (unpaired) electrons. The van der Waals surface area contributed by atoms with E-state index < -0.39 is 0 Å². The summed E-state index contributed by atoms with van der Waals surface area (Å²) in [6.07, 6.45) is 2.04. The van der Waals surface area contributed by atoms with Gasteiger partial charge in [0, 0.05) is 16.8 Å². The Morgan fingerprint density at radius 1 is 1.00 bits per heavy atom. The van der Waals surface area contributed by atoms with Crippen LogP contribution in [0.5, 0.6) is 0 Å². The molecule has 1 N–H and O–H groups in total. The maximum Gasteiger partial charge on any atom is 0.323 e. The lowest BCUT2D eigenvalue weighted by molar-refractivity contribution is 0.195. The second-order valence-electron chi connectivity index (χ2n) is 6.91. The number of thiophene rings is 1. The van der Waals surface area contributed by atoms with Crippen LogP contribution in [0.3, 0.4) is 0 Å². The van der Waals surface area contributed by atoms with E-state index in [0.717, 1.165) is 21.8 Å². The number of hydrogen-bond donors (Lipinski definition) is 1. The lowest BCUT2D eigenvalue weighted by atomic mass is 10.1. The van der Waals surface area contributed by atoms with Gasteiger partial charge in [-0.25, -0.2) is 9.18 Å². The zero-order valence-corrected chi connectivity index (χ0v) is 16.3. The fourth-order valence-electron chi connectivity index (χ4n) is 3.81. The first-order chi connectivity index (χ1) is 14.2. The molecule has 0 aliphatic carbocycles. The number of anilines is 1. The Hall–Kier alpha value is -3.38. The van der Waals surface area contributed by atoms with Crippen LogP contribution in [0.15, 0.2) is 84.4 Å². The minimum atomic E-state index is -0.332. The molecule has 144 valence electrons. The Morgan fingerprint density at radius 2 is 1.83 bits per heavy atom. The first-order valence-corrected chi connectivity index (χ1v) is 10.2. The highest BCUT2D eigenvalue weighted by Crippen LogP contribution is 2.38. The number of aromatic nitrogens is 1. The van der Waals surface area contributed by atoms with E-state index >= 15 is 0 Å². The Bertz CT molecular complexity index is 1150. The third-order valence-corrected chi connectivity index (χ3v) is 6.06. The average molecular weight is 403 g/mol. The molecule has 4 aromatic rings. The summed E-state index contributed by atoms with van der Waals surface area (Å²) in [6.45, 7) is 0.466. The summed E-state index contributed by atoms with van der Waals surface area (Å²) < 4.78 is 15.4. The maximum atomic E-state index is 13.4. The topological polar surface area (TPSA) is 37.3 Å². The summed E-state index contributed by atoms with van der Waals surface area (Å²) in [7, 11) is 0. The average Bonchev–Trinajstić information content (AvgIpc) is 3.41. The second kappa shape index (κ2) is 7.22. The number of hydrogen-bond acceptors (Lipinski definition) is 2. The van der Waals surface area contributed by atoms with Crippen molar-refractivity contribution in [2.45, 2.75) is 12.6 Å². The van der Waals surface area contributed by atoms with Crippen molar-refractivity contribution in [3.63, 3.8) is 0 Å². The highest BCUT2D eigenvalue weighted by atomic mass is 32.1. The fourth-order valence-corrected chi connectivity index (χ4v) is 4.66. The molecule has 1 atom stereocenters. The Labute approximate surface area is 171 Å². The number of nitrogens with one attached hydrogen (secondary N) is 1. The van der Waals surface area contributed by atoms with Gasteiger partial charge in [-0.2, -0.15) is 0 Å². The summed E-state index contributed by atoms with van der Waals surface area (Å²) >= 11 is 1.63. The van der Waals surface area contributed by atoms with E-state index in [4.69, 9.17) is 0 Å². The molecule has 3 heterocycles. The third kappa shape index (κ3) is 3.21. The van der Waals surface area contributed by atoms with E-state index in [0.29, 0.717) is 12.2 Å². The van der Waals surface area contributed by atoms with E-state index in [9.17, 15) is 9.18 Å². The van der Waals surface area contributed by atoms with Crippen molar-refractivity contribution in [1.29, 1.82) is 0 Å². The Balaban J connectivity index is 1.60. The van der Waals surface area contributed by atoms with E-state index in [-0.39, 0.29) is 17.9 Å². The van der Waals surface area contributed by atoms with Crippen molar-refractivity contribution < 1.29 is 9.18 Å². The largest absolute Gasteiger partial charge is 0.323 e. The smallest absolute Gasteiger partial charge is 0.318 e. The lowest BCUT2D eigenvalue weighted by Gasteiger charge is -2.30. The van der Waals surface area contributed by atoms with Crippen molar-refractivity contribution in [3.8, 4) is 5.69 Å². The van der Waals surface area contributed by atoms with Crippen molar-refractivity contribution in [3.05, 3.63) is 106 Å². The molecule has 2 aromatic heterocycles. The number of rotatable bonds is 2. The zero-order valence-electron chi connectivity index (χ0n) is 15.5. The van der Waals surface area contributed by atoms with Gasteiger partial charge >= 0.3 is 6.03 Å². The van der Waals surface area contributed by atoms with Crippen LogP contribution in [0, 0.1) is 5.82 Å². The molecule has 2 amide bonds. The summed E-state index contributed by atoms with van der Waals surface area (Å²) in [5, 5.41) is 4.95. The predicted molar refractivity (Wildman–Crippen MR) is 113 cm³/mol. The maximum absolute atomic E-state index is 13.4. The number of carbonyl (C=O) groups excluding carboxylic acids is 1. The Kier molecular flexibility index (Phi) is 4.41. The van der Waals surface area contributed by atoms with Gasteiger partial charge < -0.3 is 14.8 Å². The van der Waals surface area contributed by atoms with E-state index in [1.807, 2.05) is 46.8 Å². The zero-order chi connectivity index (χ0) is 19.8. The van der Waals surface area contributed by atoms with Crippen LogP contribution >= 0.6 is 11.3 Å². The van der Waals surface area contributed by atoms with Gasteiger partial charge in [-0.05, 0) is 59.5 Å². The van der Waals surface area contributed by atoms with Crippen LogP contribution in [0.2, 0.25) is 0 Å². The number of amides is 2. The molecule has 4 nitrogen and oxygen atoms in total. The minimum absolute atomic E-state index is 0.223. The monoisotopic (exact) mass is 403 g/mol. The normalized spacial score (nSPS) is 15.3. The molecule has 0 fully saturated rings. The van der Waals surface area contributed by atoms with Gasteiger partial charge in [0.05, 0.1) is 17.9 Å². The predicted octanol–water partition coefficient (Wildman–Crippen LogP) is 5.82. The number of carbonyl (C=O) groups is 1. The van der Waals surface area contributed by atoms with Crippen molar-refractivity contribution in [2.24, 2.45) is 0 Å². The van der Waals surface area contributed by atoms with Gasteiger partial charge in [0.15, 0.2) is 0 Å². The van der Waals surface area contributed by atoms with Gasteiger partial charge in [-0.3, -0.25) is 0 Å². The number of urea groups is 1. The number of para-hydroxylation sites is 1. The summed E-state index contributed by atoms with van der Waals surface area (Å²) in [4.78, 5) is 16.3. The summed E-state index contributed by atoms with van der Waals surface area (Å²) in [6, 6.07) is 21.6. The number of fused-ring (bicyclic) bond motifs is 3. The molecular weight excluding hydrogens is 385 g/mol. The van der Waals surface area contributed by atoms with Crippen LogP contribution in [-0.2, 0) is 6.54 Å². The molecule has 0 saturated carbocycles. The molecule has 5 rings (SSSR count). The van der Waals surface area contributed by atoms with E-state index in [1.54, 1.807) is 23.5 Å². The molecule has 0 spiro atoms. The SMILES string of the molecule is O=C(Nc1ccc(F)cc1)N1Cc2ccccc2-n2cccc2C1c1cccs1. The molecule has 6 heteroatoms. The van der Waals surface area contributed by atoms with Crippen LogP contribution in [0.25, 0.3) is 5.69 Å². The molecule has 1 aliphatic heterocycles. The number of benzene rings is 2. The molecule has 0 bridgehead atoms. The van der Waals surface area contributed by atoms with E-state index in [1.165, 1.54) is 12.1 Å². The van der Waals surface area contributed by atoms with Gasteiger partial charge in [-0.15, -0.1) is 11.3 Å². The first-order valence-electron chi connectivity index (χ1n) is 9.33. The molecular formula is C23H18FN3OS. The quantitative estimate of drug-likeness (QED) is 0.450. The van der Waals surface area contributed by atoms with Gasteiger partial charge in [0.25, 0.3) is 0 Å². The van der Waals surface area contributed by atoms with Gasteiger partial charge in [0.1, 0.15) is 11.9 Å². The number of nitrogens with zero attached hydrogens (tertiary/aromatic N) is 2. The molecule has 1 unspecified atom stereocenters. The van der Waals surface area contributed by atoms with Crippen molar-refractivity contribution in [2.75, 3.05) is 5.32 Å². The lowest BCUT2D eigenvalue weighted by Crippen LogP contribution is -2.37. The van der Waals surface area contributed by atoms with Crippen LogP contribution in [0.4, 0.5) is 14.9 Å². The van der Waals surface area contributed by atoms with Crippen LogP contribution < -0.4 is 5.32 Å². The molecule has 29 heavy (non-hydrogen) atoms. The standard InChI is InChI=1S/C23H18FN3OS/c24-17-9-11-18(12-10-17)25-23(28)27-15-16-5-1-2-6-19(16)26-13-3-7-20(26)22(27)21-8-4-14-29-21/h1-14,22H,15H2,(H,25,28). The summed E-state index contributed by atoms with van der Waals surface area (Å²) in [5.74, 6) is -0.332. The molecule has 1 aliphatic rings. The van der Waals surface area contributed by atoms with E-state index in [2.05, 4.69) is 28.1 Å². The molecule has 0 saturated heterocycles. The Morgan fingerprint density at radius 3 is 2.62 bits per heavy atom. The van der Waals surface area contributed by atoms with Crippen molar-refractivity contribution in [1.82, 2.24) is 9.47 Å². The van der Waals surface area contributed by atoms with Gasteiger partial charge in [-0.1, -0.05) is 24.3 Å². The fraction of sp³-hybridized carbons (Fsp3) is 0.0870. The second-order valence-corrected chi connectivity index (χ2v) is 7.89. The molecule has 2 aromatic carbocycles. The third-order valence-electron chi connectivity index (χ3n) is 5.13. The minimum Gasteiger partial charge on any atom is -0.318 e. The first kappa shape index (κ1) is 17.7. The highest BCUT2D eigenvalue weighted by Gasteiger charge is 2.33. The van der Waals surface area contributed by atoms with Crippen LogP contribution in [0.1, 0.15) is 22.2 Å². The van der Waals surface area contributed by atoms with Crippen molar-refractivity contribution >= 4 is 23.1 Å².